The molecule has 0 spiro atoms. The smallest absolute Gasteiger partial charge is 0.338 e. The molecule has 0 bridgehead atoms. The van der Waals surface area contributed by atoms with Crippen LogP contribution in [-0.2, 0) is 19.7 Å². The van der Waals surface area contributed by atoms with Crippen LogP contribution >= 0.6 is 11.8 Å². The first-order chi connectivity index (χ1) is 14.0. The van der Waals surface area contributed by atoms with Gasteiger partial charge in [-0.3, -0.25) is 9.69 Å². The third kappa shape index (κ3) is 4.34. The number of rotatable bonds is 5. The molecule has 1 saturated heterocycles. The number of benzene rings is 1. The van der Waals surface area contributed by atoms with Crippen molar-refractivity contribution in [2.24, 2.45) is 10.9 Å². The number of hydrogen-bond acceptors (Lipinski definition) is 5. The fourth-order valence-electron chi connectivity index (χ4n) is 3.65. The maximum absolute atomic E-state index is 13.2. The molecule has 162 valence electrons. The average Bonchev–Trinajstić information content (AvgIpc) is 2.99. The molecule has 0 N–H and O–H groups in total. The molecule has 5 nitrogen and oxygen atoms in total. The lowest BCUT2D eigenvalue weighted by Gasteiger charge is -2.33. The van der Waals surface area contributed by atoms with Gasteiger partial charge in [-0.1, -0.05) is 77.6 Å². The van der Waals surface area contributed by atoms with Crippen molar-refractivity contribution in [1.82, 2.24) is 4.90 Å². The molecule has 0 aliphatic carbocycles. The summed E-state index contributed by atoms with van der Waals surface area (Å²) in [5.74, 6) is -0.157. The van der Waals surface area contributed by atoms with E-state index in [0.717, 1.165) is 12.0 Å². The number of carbonyl (C=O) groups is 2. The Kier molecular flexibility index (Phi) is 6.46. The van der Waals surface area contributed by atoms with E-state index in [1.54, 1.807) is 4.90 Å². The summed E-state index contributed by atoms with van der Waals surface area (Å²) in [5, 5.41) is 0.508. The Morgan fingerprint density at radius 2 is 1.87 bits per heavy atom. The Labute approximate surface area is 184 Å². The van der Waals surface area contributed by atoms with Crippen molar-refractivity contribution in [2.75, 3.05) is 6.61 Å². The van der Waals surface area contributed by atoms with Crippen LogP contribution in [0.15, 0.2) is 40.5 Å². The van der Waals surface area contributed by atoms with Crippen molar-refractivity contribution in [2.45, 2.75) is 71.6 Å². The molecular formula is C24H32N2O3S. The van der Waals surface area contributed by atoms with Gasteiger partial charge in [-0.05, 0) is 35.8 Å². The molecule has 0 saturated carbocycles. The molecule has 30 heavy (non-hydrogen) atoms. The Hall–Kier alpha value is -2.08. The third-order valence-electron chi connectivity index (χ3n) is 5.38. The van der Waals surface area contributed by atoms with Crippen LogP contribution in [0.1, 0.15) is 72.1 Å². The fourth-order valence-corrected chi connectivity index (χ4v) is 4.79. The number of thioether (sulfide) groups is 1. The summed E-state index contributed by atoms with van der Waals surface area (Å²) < 4.78 is 5.57. The average molecular weight is 429 g/mol. The van der Waals surface area contributed by atoms with E-state index in [1.807, 2.05) is 39.8 Å². The summed E-state index contributed by atoms with van der Waals surface area (Å²) in [7, 11) is 0. The lowest BCUT2D eigenvalue weighted by Crippen LogP contribution is -2.41. The van der Waals surface area contributed by atoms with Crippen LogP contribution in [0.5, 0.6) is 0 Å². The van der Waals surface area contributed by atoms with E-state index >= 15 is 0 Å². The van der Waals surface area contributed by atoms with Crippen LogP contribution in [0.2, 0.25) is 0 Å². The maximum Gasteiger partial charge on any atom is 0.338 e. The number of carbonyl (C=O) groups excluding carboxylic acids is 2. The second-order valence-corrected chi connectivity index (χ2v) is 10.6. The number of allylic oxidation sites excluding steroid dienone is 1. The van der Waals surface area contributed by atoms with E-state index in [4.69, 9.17) is 4.74 Å². The highest BCUT2D eigenvalue weighted by molar-refractivity contribution is 8.15. The van der Waals surface area contributed by atoms with E-state index in [1.165, 1.54) is 17.3 Å². The van der Waals surface area contributed by atoms with Crippen LogP contribution in [0.25, 0.3) is 0 Å². The second kappa shape index (κ2) is 8.58. The minimum Gasteiger partial charge on any atom is -0.462 e. The highest BCUT2D eigenvalue weighted by atomic mass is 32.2. The zero-order valence-corrected chi connectivity index (χ0v) is 19.8. The molecule has 0 aromatic heterocycles. The van der Waals surface area contributed by atoms with E-state index in [0.29, 0.717) is 23.0 Å². The number of ether oxygens (including phenoxy) is 1. The molecule has 1 aromatic carbocycles. The summed E-state index contributed by atoms with van der Waals surface area (Å²) in [6.45, 7) is 14.7. The van der Waals surface area contributed by atoms with Crippen LogP contribution in [0, 0.1) is 5.92 Å². The first-order valence-electron chi connectivity index (χ1n) is 10.6. The number of fused-ring (bicyclic) bond motifs is 1. The van der Waals surface area contributed by atoms with Crippen molar-refractivity contribution in [3.8, 4) is 0 Å². The van der Waals surface area contributed by atoms with E-state index < -0.39 is 12.0 Å². The molecule has 3 rings (SSSR count). The molecule has 1 fully saturated rings. The number of amides is 1. The molecular weight excluding hydrogens is 396 g/mol. The topological polar surface area (TPSA) is 59.0 Å². The first kappa shape index (κ1) is 22.6. The van der Waals surface area contributed by atoms with Gasteiger partial charge in [-0.25, -0.2) is 9.79 Å². The van der Waals surface area contributed by atoms with E-state index in [-0.39, 0.29) is 22.5 Å². The monoisotopic (exact) mass is 428 g/mol. The lowest BCUT2D eigenvalue weighted by molar-refractivity contribution is -0.141. The van der Waals surface area contributed by atoms with Crippen LogP contribution < -0.4 is 0 Å². The lowest BCUT2D eigenvalue weighted by atomic mass is 9.85. The molecule has 2 heterocycles. The number of hydrogen-bond donors (Lipinski definition) is 0. The summed E-state index contributed by atoms with van der Waals surface area (Å²) in [6.07, 6.45) is 0.723. The molecule has 0 radical (unpaired) electrons. The van der Waals surface area contributed by atoms with Gasteiger partial charge in [-0.2, -0.15) is 0 Å². The maximum atomic E-state index is 13.2. The predicted octanol–water partition coefficient (Wildman–Crippen LogP) is 5.22. The molecule has 2 atom stereocenters. The van der Waals surface area contributed by atoms with Gasteiger partial charge in [0.25, 0.3) is 0 Å². The number of amidine groups is 1. The van der Waals surface area contributed by atoms with Gasteiger partial charge in [0.2, 0.25) is 5.91 Å². The number of esters is 1. The van der Waals surface area contributed by atoms with Crippen molar-refractivity contribution < 1.29 is 14.3 Å². The number of nitrogens with zero attached hydrogens (tertiary/aromatic N) is 2. The molecule has 1 amide bonds. The van der Waals surface area contributed by atoms with Crippen molar-refractivity contribution in [3.05, 3.63) is 46.7 Å². The predicted molar refractivity (Wildman–Crippen MR) is 122 cm³/mol. The van der Waals surface area contributed by atoms with Crippen LogP contribution in [0.3, 0.4) is 0 Å². The largest absolute Gasteiger partial charge is 0.462 e. The molecule has 0 unspecified atom stereocenters. The normalized spacial score (nSPS) is 21.8. The van der Waals surface area contributed by atoms with Gasteiger partial charge in [0.1, 0.15) is 0 Å². The van der Waals surface area contributed by atoms with Crippen molar-refractivity contribution >= 4 is 28.8 Å². The first-order valence-corrected chi connectivity index (χ1v) is 11.5. The number of aliphatic imine (C=N–C) groups is 1. The third-order valence-corrected chi connectivity index (χ3v) is 6.70. The van der Waals surface area contributed by atoms with Gasteiger partial charge in [-0.15, -0.1) is 0 Å². The minimum atomic E-state index is -0.511. The molecule has 1 aromatic rings. The quantitative estimate of drug-likeness (QED) is 0.603. The molecule has 2 aliphatic rings. The molecule has 2 aliphatic heterocycles. The standard InChI is InChI=1S/C24H32N2O3S/c1-8-18-21(27)26-20(16-9-11-17(12-10-16)24(5,6)7)19(15(4)25-23(26)30-18)22(28)29-13-14(2)3/h9-12,14,18,20H,8,13H2,1-7H3/t18-,20-/m1/s1. The van der Waals surface area contributed by atoms with E-state index in [2.05, 4.69) is 37.9 Å². The Balaban J connectivity index is 2.07. The summed E-state index contributed by atoms with van der Waals surface area (Å²) in [6, 6.07) is 7.70. The van der Waals surface area contributed by atoms with Gasteiger partial charge in [0.05, 0.1) is 29.2 Å². The summed E-state index contributed by atoms with van der Waals surface area (Å²) in [4.78, 5) is 32.6. The fraction of sp³-hybridized carbons (Fsp3) is 0.542. The zero-order chi connectivity index (χ0) is 22.2. The summed E-state index contributed by atoms with van der Waals surface area (Å²) in [5.41, 5.74) is 3.20. The Morgan fingerprint density at radius 3 is 2.40 bits per heavy atom. The van der Waals surface area contributed by atoms with Gasteiger partial charge in [0.15, 0.2) is 5.17 Å². The molecule has 6 heteroatoms. The second-order valence-electron chi connectivity index (χ2n) is 9.38. The van der Waals surface area contributed by atoms with Gasteiger partial charge < -0.3 is 4.74 Å². The van der Waals surface area contributed by atoms with Crippen LogP contribution in [0.4, 0.5) is 0 Å². The zero-order valence-electron chi connectivity index (χ0n) is 19.0. The van der Waals surface area contributed by atoms with Crippen molar-refractivity contribution in [3.63, 3.8) is 0 Å². The van der Waals surface area contributed by atoms with Crippen LogP contribution in [-0.4, -0.2) is 33.8 Å². The van der Waals surface area contributed by atoms with Crippen molar-refractivity contribution in [1.29, 1.82) is 0 Å². The van der Waals surface area contributed by atoms with Gasteiger partial charge in [0, 0.05) is 0 Å². The summed E-state index contributed by atoms with van der Waals surface area (Å²) >= 11 is 1.48. The van der Waals surface area contributed by atoms with Gasteiger partial charge >= 0.3 is 5.97 Å². The highest BCUT2D eigenvalue weighted by Gasteiger charge is 2.47. The SMILES string of the molecule is CC[C@H]1SC2=NC(C)=C(C(=O)OCC(C)C)[C@@H](c3ccc(C(C)(C)C)cc3)N2C1=O. The Morgan fingerprint density at radius 1 is 1.23 bits per heavy atom. The minimum absolute atomic E-state index is 0.00723. The highest BCUT2D eigenvalue weighted by Crippen LogP contribution is 2.44. The Bertz CT molecular complexity index is 894. The van der Waals surface area contributed by atoms with E-state index in [9.17, 15) is 9.59 Å².